The second-order valence-electron chi connectivity index (χ2n) is 5.01. The molecule has 2 aromatic carbocycles. The van der Waals surface area contributed by atoms with Crippen LogP contribution in [0.5, 0.6) is 0 Å². The highest BCUT2D eigenvalue weighted by Crippen LogP contribution is 2.14. The average molecular weight is 346 g/mol. The van der Waals surface area contributed by atoms with Crippen LogP contribution in [0.2, 0.25) is 5.02 Å². The van der Waals surface area contributed by atoms with Crippen molar-refractivity contribution in [2.24, 2.45) is 0 Å². The van der Waals surface area contributed by atoms with Crippen LogP contribution in [0.25, 0.3) is 6.08 Å². The first-order valence-electron chi connectivity index (χ1n) is 7.55. The zero-order valence-corrected chi connectivity index (χ0v) is 14.4. The first-order valence-corrected chi connectivity index (χ1v) is 9.08. The van der Waals surface area contributed by atoms with Gasteiger partial charge in [0.05, 0.1) is 0 Å². The Labute approximate surface area is 146 Å². The van der Waals surface area contributed by atoms with Gasteiger partial charge in [-0.3, -0.25) is 4.79 Å². The molecule has 0 radical (unpaired) electrons. The SMILES string of the molecule is O=C(CCSC/C=C/c1ccccc1)NCc1ccccc1Cl. The molecule has 0 aliphatic carbocycles. The fraction of sp³-hybridized carbons (Fsp3) is 0.211. The molecule has 2 rings (SSSR count). The third-order valence-electron chi connectivity index (χ3n) is 3.23. The molecule has 0 unspecified atom stereocenters. The normalized spacial score (nSPS) is 10.8. The van der Waals surface area contributed by atoms with E-state index in [2.05, 4.69) is 29.6 Å². The fourth-order valence-corrected chi connectivity index (χ4v) is 2.92. The molecular weight excluding hydrogens is 326 g/mol. The zero-order chi connectivity index (χ0) is 16.3. The lowest BCUT2D eigenvalue weighted by molar-refractivity contribution is -0.120. The fourth-order valence-electron chi connectivity index (χ4n) is 1.99. The number of benzene rings is 2. The largest absolute Gasteiger partial charge is 0.352 e. The molecule has 0 saturated heterocycles. The van der Waals surface area contributed by atoms with Gasteiger partial charge in [0.2, 0.25) is 5.91 Å². The average Bonchev–Trinajstić information content (AvgIpc) is 2.58. The van der Waals surface area contributed by atoms with Crippen LogP contribution in [0.1, 0.15) is 17.5 Å². The molecular formula is C19H20ClNOS. The van der Waals surface area contributed by atoms with Crippen LogP contribution in [0.15, 0.2) is 60.7 Å². The molecule has 0 heterocycles. The summed E-state index contributed by atoms with van der Waals surface area (Å²) in [5, 5.41) is 3.59. The number of carbonyl (C=O) groups excluding carboxylic acids is 1. The van der Waals surface area contributed by atoms with Crippen LogP contribution >= 0.6 is 23.4 Å². The number of carbonyl (C=O) groups is 1. The van der Waals surface area contributed by atoms with Crippen LogP contribution < -0.4 is 5.32 Å². The summed E-state index contributed by atoms with van der Waals surface area (Å²) in [6.07, 6.45) is 4.75. The van der Waals surface area contributed by atoms with E-state index < -0.39 is 0 Å². The molecule has 0 saturated carbocycles. The van der Waals surface area contributed by atoms with Crippen LogP contribution in [0.4, 0.5) is 0 Å². The van der Waals surface area contributed by atoms with Crippen molar-refractivity contribution < 1.29 is 4.79 Å². The third kappa shape index (κ3) is 6.93. The maximum absolute atomic E-state index is 11.8. The van der Waals surface area contributed by atoms with Crippen molar-refractivity contribution in [1.82, 2.24) is 5.32 Å². The molecule has 0 fully saturated rings. The molecule has 1 N–H and O–H groups in total. The summed E-state index contributed by atoms with van der Waals surface area (Å²) in [6, 6.07) is 17.8. The number of amides is 1. The van der Waals surface area contributed by atoms with Crippen LogP contribution in [0.3, 0.4) is 0 Å². The van der Waals surface area contributed by atoms with E-state index in [-0.39, 0.29) is 5.91 Å². The van der Waals surface area contributed by atoms with E-state index in [4.69, 9.17) is 11.6 Å². The van der Waals surface area contributed by atoms with Gasteiger partial charge in [0.25, 0.3) is 0 Å². The van der Waals surface area contributed by atoms with Gasteiger partial charge in [-0.1, -0.05) is 72.3 Å². The number of thioether (sulfide) groups is 1. The van der Waals surface area contributed by atoms with Gasteiger partial charge in [-0.15, -0.1) is 0 Å². The number of hydrogen-bond acceptors (Lipinski definition) is 2. The van der Waals surface area contributed by atoms with Crippen LogP contribution in [-0.4, -0.2) is 17.4 Å². The van der Waals surface area contributed by atoms with E-state index >= 15 is 0 Å². The summed E-state index contributed by atoms with van der Waals surface area (Å²) in [5.74, 6) is 1.78. The van der Waals surface area contributed by atoms with Crippen molar-refractivity contribution in [2.45, 2.75) is 13.0 Å². The van der Waals surface area contributed by atoms with Crippen molar-refractivity contribution in [1.29, 1.82) is 0 Å². The predicted molar refractivity (Wildman–Crippen MR) is 101 cm³/mol. The summed E-state index contributed by atoms with van der Waals surface area (Å²) in [5.41, 5.74) is 2.14. The summed E-state index contributed by atoms with van der Waals surface area (Å²) in [6.45, 7) is 0.483. The predicted octanol–water partition coefficient (Wildman–Crippen LogP) is 4.79. The van der Waals surface area contributed by atoms with Gasteiger partial charge in [0.1, 0.15) is 0 Å². The maximum atomic E-state index is 11.8. The van der Waals surface area contributed by atoms with Crippen molar-refractivity contribution in [3.8, 4) is 0 Å². The van der Waals surface area contributed by atoms with Crippen LogP contribution in [-0.2, 0) is 11.3 Å². The lowest BCUT2D eigenvalue weighted by Crippen LogP contribution is -2.23. The molecule has 2 aromatic rings. The lowest BCUT2D eigenvalue weighted by Gasteiger charge is -2.06. The molecule has 120 valence electrons. The highest BCUT2D eigenvalue weighted by molar-refractivity contribution is 7.99. The molecule has 0 spiro atoms. The van der Waals surface area contributed by atoms with Crippen LogP contribution in [0, 0.1) is 0 Å². The Kier molecular flexibility index (Phi) is 7.78. The monoisotopic (exact) mass is 345 g/mol. The molecule has 23 heavy (non-hydrogen) atoms. The van der Waals surface area contributed by atoms with E-state index in [0.717, 1.165) is 17.1 Å². The maximum Gasteiger partial charge on any atom is 0.221 e. The topological polar surface area (TPSA) is 29.1 Å². The van der Waals surface area contributed by atoms with Gasteiger partial charge in [-0.25, -0.2) is 0 Å². The number of halogens is 1. The third-order valence-corrected chi connectivity index (χ3v) is 4.52. The van der Waals surface area contributed by atoms with Crippen molar-refractivity contribution in [2.75, 3.05) is 11.5 Å². The van der Waals surface area contributed by atoms with Gasteiger partial charge in [-0.05, 0) is 17.2 Å². The standard InChI is InChI=1S/C19H20ClNOS/c20-18-11-5-4-10-17(18)15-21-19(22)12-14-23-13-6-9-16-7-2-1-3-8-16/h1-11H,12-15H2,(H,21,22)/b9-6+. The molecule has 4 heteroatoms. The first kappa shape index (κ1) is 17.6. The summed E-state index contributed by atoms with van der Waals surface area (Å²) in [7, 11) is 0. The lowest BCUT2D eigenvalue weighted by atomic mass is 10.2. The highest BCUT2D eigenvalue weighted by Gasteiger charge is 2.03. The van der Waals surface area contributed by atoms with Crippen molar-refractivity contribution in [3.63, 3.8) is 0 Å². The summed E-state index contributed by atoms with van der Waals surface area (Å²) >= 11 is 7.81. The van der Waals surface area contributed by atoms with E-state index in [1.165, 1.54) is 5.56 Å². The number of nitrogens with one attached hydrogen (secondary N) is 1. The van der Waals surface area contributed by atoms with Gasteiger partial charge in [0, 0.05) is 29.5 Å². The zero-order valence-electron chi connectivity index (χ0n) is 12.9. The Morgan fingerprint density at radius 3 is 2.61 bits per heavy atom. The van der Waals surface area contributed by atoms with Crippen molar-refractivity contribution in [3.05, 3.63) is 76.8 Å². The molecule has 0 bridgehead atoms. The van der Waals surface area contributed by atoms with Gasteiger partial charge >= 0.3 is 0 Å². The Hall–Kier alpha value is -1.71. The second-order valence-corrected chi connectivity index (χ2v) is 6.56. The van der Waals surface area contributed by atoms with E-state index in [9.17, 15) is 4.79 Å². The van der Waals surface area contributed by atoms with E-state index in [0.29, 0.717) is 18.0 Å². The highest BCUT2D eigenvalue weighted by atomic mass is 35.5. The second kappa shape index (κ2) is 10.1. The van der Waals surface area contributed by atoms with Crippen molar-refractivity contribution >= 4 is 35.3 Å². The van der Waals surface area contributed by atoms with E-state index in [1.54, 1.807) is 11.8 Å². The Morgan fingerprint density at radius 1 is 1.09 bits per heavy atom. The molecule has 0 aromatic heterocycles. The quantitative estimate of drug-likeness (QED) is 0.697. The van der Waals surface area contributed by atoms with Gasteiger partial charge < -0.3 is 5.32 Å². The number of hydrogen-bond donors (Lipinski definition) is 1. The molecule has 0 aliphatic heterocycles. The molecule has 1 amide bonds. The van der Waals surface area contributed by atoms with Gasteiger partial charge in [0.15, 0.2) is 0 Å². The minimum Gasteiger partial charge on any atom is -0.352 e. The number of rotatable bonds is 8. The summed E-state index contributed by atoms with van der Waals surface area (Å²) < 4.78 is 0. The minimum atomic E-state index is 0.0597. The molecule has 2 nitrogen and oxygen atoms in total. The summed E-state index contributed by atoms with van der Waals surface area (Å²) in [4.78, 5) is 11.8. The first-order chi connectivity index (χ1) is 11.3. The van der Waals surface area contributed by atoms with E-state index in [1.807, 2.05) is 42.5 Å². The molecule has 0 atom stereocenters. The Bertz CT molecular complexity index is 643. The minimum absolute atomic E-state index is 0.0597. The Balaban J connectivity index is 1.58. The smallest absolute Gasteiger partial charge is 0.221 e. The molecule has 0 aliphatic rings. The Morgan fingerprint density at radius 2 is 1.83 bits per heavy atom. The van der Waals surface area contributed by atoms with Gasteiger partial charge in [-0.2, -0.15) is 11.8 Å².